The Hall–Kier alpha value is -2.05. The summed E-state index contributed by atoms with van der Waals surface area (Å²) in [5.41, 5.74) is 6.83. The number of nitrogens with two attached hydrogens (primary N) is 1. The monoisotopic (exact) mass is 251 g/mol. The van der Waals surface area contributed by atoms with Gasteiger partial charge in [0.25, 0.3) is 5.91 Å². The average molecular weight is 251 g/mol. The highest BCUT2D eigenvalue weighted by molar-refractivity contribution is 5.97. The highest BCUT2D eigenvalue weighted by atomic mass is 16.4. The van der Waals surface area contributed by atoms with E-state index < -0.39 is 6.04 Å². The minimum atomic E-state index is -0.405. The lowest BCUT2D eigenvalue weighted by Gasteiger charge is -2.16. The Morgan fingerprint density at radius 1 is 1.72 bits per heavy atom. The number of carbonyl (C=O) groups is 1. The fourth-order valence-corrected chi connectivity index (χ4v) is 1.96. The molecule has 1 aliphatic carbocycles. The summed E-state index contributed by atoms with van der Waals surface area (Å²) in [7, 11) is 1.71. The second-order valence-corrected chi connectivity index (χ2v) is 4.61. The SMILES string of the molecule is Cc1cc(C(=O)NC(C(N)=NO)C2CC2)n(C)n1. The van der Waals surface area contributed by atoms with E-state index in [1.54, 1.807) is 13.1 Å². The molecule has 7 nitrogen and oxygen atoms in total. The molecule has 18 heavy (non-hydrogen) atoms. The number of aryl methyl sites for hydroxylation is 2. The van der Waals surface area contributed by atoms with Gasteiger partial charge in [-0.15, -0.1) is 0 Å². The van der Waals surface area contributed by atoms with Crippen LogP contribution in [-0.4, -0.2) is 32.8 Å². The van der Waals surface area contributed by atoms with Crippen molar-refractivity contribution >= 4 is 11.7 Å². The van der Waals surface area contributed by atoms with Crippen LogP contribution in [0.5, 0.6) is 0 Å². The number of hydrogen-bond donors (Lipinski definition) is 3. The number of hydrogen-bond acceptors (Lipinski definition) is 4. The van der Waals surface area contributed by atoms with Crippen molar-refractivity contribution in [2.24, 2.45) is 23.9 Å². The topological polar surface area (TPSA) is 106 Å². The molecule has 0 saturated heterocycles. The van der Waals surface area contributed by atoms with Gasteiger partial charge in [-0.25, -0.2) is 0 Å². The van der Waals surface area contributed by atoms with Gasteiger partial charge < -0.3 is 16.3 Å². The molecule has 0 radical (unpaired) electrons. The third-order valence-corrected chi connectivity index (χ3v) is 3.05. The summed E-state index contributed by atoms with van der Waals surface area (Å²) < 4.78 is 1.51. The van der Waals surface area contributed by atoms with Crippen LogP contribution in [-0.2, 0) is 7.05 Å². The number of oxime groups is 1. The van der Waals surface area contributed by atoms with Gasteiger partial charge in [-0.1, -0.05) is 5.16 Å². The third-order valence-electron chi connectivity index (χ3n) is 3.05. The molecule has 1 aromatic heterocycles. The molecule has 1 heterocycles. The molecule has 1 atom stereocenters. The molecular weight excluding hydrogens is 234 g/mol. The minimum Gasteiger partial charge on any atom is -0.409 e. The van der Waals surface area contributed by atoms with E-state index in [4.69, 9.17) is 10.9 Å². The van der Waals surface area contributed by atoms with E-state index in [1.807, 2.05) is 6.92 Å². The van der Waals surface area contributed by atoms with E-state index in [1.165, 1.54) is 4.68 Å². The first-order valence-electron chi connectivity index (χ1n) is 5.82. The summed E-state index contributed by atoms with van der Waals surface area (Å²) in [5.74, 6) is 0.0468. The molecular formula is C11H17N5O2. The summed E-state index contributed by atoms with van der Waals surface area (Å²) in [4.78, 5) is 12.1. The maximum atomic E-state index is 12.1. The molecule has 4 N–H and O–H groups in total. The van der Waals surface area contributed by atoms with Gasteiger partial charge in [0.2, 0.25) is 0 Å². The number of nitrogens with zero attached hydrogens (tertiary/aromatic N) is 3. The lowest BCUT2D eigenvalue weighted by molar-refractivity contribution is 0.0933. The summed E-state index contributed by atoms with van der Waals surface area (Å²) in [5, 5.41) is 18.6. The second kappa shape index (κ2) is 4.67. The minimum absolute atomic E-state index is 0.0461. The molecule has 7 heteroatoms. The highest BCUT2D eigenvalue weighted by Crippen LogP contribution is 2.32. The predicted octanol–water partition coefficient (Wildman–Crippen LogP) is -0.0167. The Bertz CT molecular complexity index is 490. The van der Waals surface area contributed by atoms with Gasteiger partial charge in [0.05, 0.1) is 11.7 Å². The zero-order valence-electron chi connectivity index (χ0n) is 10.4. The van der Waals surface area contributed by atoms with Crippen LogP contribution in [0.3, 0.4) is 0 Å². The molecule has 1 saturated carbocycles. The molecule has 2 rings (SSSR count). The molecule has 0 spiro atoms. The van der Waals surface area contributed by atoms with Crippen molar-refractivity contribution in [2.45, 2.75) is 25.8 Å². The lowest BCUT2D eigenvalue weighted by Crippen LogP contribution is -2.46. The zero-order chi connectivity index (χ0) is 13.3. The summed E-state index contributed by atoms with van der Waals surface area (Å²) in [6.45, 7) is 1.82. The molecule has 1 amide bonds. The highest BCUT2D eigenvalue weighted by Gasteiger charge is 2.35. The first-order chi connectivity index (χ1) is 8.52. The number of rotatable bonds is 4. The lowest BCUT2D eigenvalue weighted by atomic mass is 10.1. The van der Waals surface area contributed by atoms with Crippen LogP contribution in [0, 0.1) is 12.8 Å². The van der Waals surface area contributed by atoms with Crippen molar-refractivity contribution < 1.29 is 10.0 Å². The summed E-state index contributed by atoms with van der Waals surface area (Å²) in [6, 6.07) is 1.30. The molecule has 1 aromatic rings. The third kappa shape index (κ3) is 2.44. The largest absolute Gasteiger partial charge is 0.409 e. The van der Waals surface area contributed by atoms with Gasteiger partial charge in [0.1, 0.15) is 5.69 Å². The summed E-state index contributed by atoms with van der Waals surface area (Å²) in [6.07, 6.45) is 1.96. The quantitative estimate of drug-likeness (QED) is 0.303. The molecule has 0 bridgehead atoms. The fraction of sp³-hybridized carbons (Fsp3) is 0.545. The van der Waals surface area contributed by atoms with Crippen LogP contribution in [0.15, 0.2) is 11.2 Å². The first kappa shape index (κ1) is 12.4. The van der Waals surface area contributed by atoms with Crippen molar-refractivity contribution in [3.63, 3.8) is 0 Å². The van der Waals surface area contributed by atoms with Crippen molar-refractivity contribution in [3.8, 4) is 0 Å². The fourth-order valence-electron chi connectivity index (χ4n) is 1.96. The van der Waals surface area contributed by atoms with E-state index >= 15 is 0 Å². The van der Waals surface area contributed by atoms with E-state index in [0.717, 1.165) is 18.5 Å². The Balaban J connectivity index is 2.12. The normalized spacial score (nSPS) is 17.6. The summed E-state index contributed by atoms with van der Waals surface area (Å²) >= 11 is 0. The van der Waals surface area contributed by atoms with Gasteiger partial charge in [-0.05, 0) is 31.7 Å². The molecule has 1 fully saturated rings. The van der Waals surface area contributed by atoms with Crippen molar-refractivity contribution in [1.29, 1.82) is 0 Å². The molecule has 1 unspecified atom stereocenters. The maximum absolute atomic E-state index is 12.1. The van der Waals surface area contributed by atoms with Crippen LogP contribution >= 0.6 is 0 Å². The van der Waals surface area contributed by atoms with E-state index in [9.17, 15) is 4.79 Å². The Morgan fingerprint density at radius 3 is 2.83 bits per heavy atom. The van der Waals surface area contributed by atoms with E-state index in [-0.39, 0.29) is 17.7 Å². The van der Waals surface area contributed by atoms with E-state index in [2.05, 4.69) is 15.6 Å². The number of nitrogens with one attached hydrogen (secondary N) is 1. The van der Waals surface area contributed by atoms with Gasteiger partial charge in [-0.2, -0.15) is 5.10 Å². The van der Waals surface area contributed by atoms with Crippen molar-refractivity contribution in [1.82, 2.24) is 15.1 Å². The molecule has 0 aliphatic heterocycles. The Labute approximate surface area is 105 Å². The smallest absolute Gasteiger partial charge is 0.270 e. The van der Waals surface area contributed by atoms with Gasteiger partial charge in [0.15, 0.2) is 5.84 Å². The Kier molecular flexibility index (Phi) is 3.22. The Morgan fingerprint density at radius 2 is 2.39 bits per heavy atom. The van der Waals surface area contributed by atoms with Crippen LogP contribution in [0.2, 0.25) is 0 Å². The number of amides is 1. The van der Waals surface area contributed by atoms with Crippen molar-refractivity contribution in [2.75, 3.05) is 0 Å². The average Bonchev–Trinajstić information content (AvgIpc) is 3.10. The van der Waals surface area contributed by atoms with Gasteiger partial charge >= 0.3 is 0 Å². The standard InChI is InChI=1S/C11H17N5O2/c1-6-5-8(16(2)14-6)11(17)13-9(7-3-4-7)10(12)15-18/h5,7,9,18H,3-4H2,1-2H3,(H2,12,15)(H,13,17). The molecule has 1 aliphatic rings. The van der Waals surface area contributed by atoms with Crippen molar-refractivity contribution in [3.05, 3.63) is 17.5 Å². The number of amidine groups is 1. The first-order valence-corrected chi connectivity index (χ1v) is 5.82. The molecule has 98 valence electrons. The predicted molar refractivity (Wildman–Crippen MR) is 65.3 cm³/mol. The van der Waals surface area contributed by atoms with Gasteiger partial charge in [0, 0.05) is 7.05 Å². The van der Waals surface area contributed by atoms with Crippen LogP contribution < -0.4 is 11.1 Å². The maximum Gasteiger partial charge on any atom is 0.270 e. The van der Waals surface area contributed by atoms with Gasteiger partial charge in [-0.3, -0.25) is 9.48 Å². The van der Waals surface area contributed by atoms with E-state index in [0.29, 0.717) is 5.69 Å². The zero-order valence-corrected chi connectivity index (χ0v) is 10.4. The number of aromatic nitrogens is 2. The van der Waals surface area contributed by atoms with Crippen LogP contribution in [0.1, 0.15) is 29.0 Å². The second-order valence-electron chi connectivity index (χ2n) is 4.61. The molecule has 0 aromatic carbocycles. The van der Waals surface area contributed by atoms with Crippen LogP contribution in [0.25, 0.3) is 0 Å². The van der Waals surface area contributed by atoms with Crippen LogP contribution in [0.4, 0.5) is 0 Å². The number of carbonyl (C=O) groups excluding carboxylic acids is 1.